The maximum Gasteiger partial charge on any atom is 0.330 e. The third-order valence-electron chi connectivity index (χ3n) is 6.72. The molecule has 2 unspecified atom stereocenters. The number of anilines is 3. The lowest BCUT2D eigenvalue weighted by atomic mass is 9.89. The number of hydrogen-bond donors (Lipinski definition) is 1. The summed E-state index contributed by atoms with van der Waals surface area (Å²) in [6, 6.07) is 5.16. The first-order valence-electron chi connectivity index (χ1n) is 11.7. The first-order valence-corrected chi connectivity index (χ1v) is 11.7. The van der Waals surface area contributed by atoms with Crippen LogP contribution in [0.3, 0.4) is 0 Å². The lowest BCUT2D eigenvalue weighted by molar-refractivity contribution is -0.127. The van der Waals surface area contributed by atoms with Crippen molar-refractivity contribution in [2.24, 2.45) is 0 Å². The maximum absolute atomic E-state index is 13.3. The van der Waals surface area contributed by atoms with E-state index in [1.807, 2.05) is 0 Å². The predicted molar refractivity (Wildman–Crippen MR) is 134 cm³/mol. The molecular weight excluding hydrogens is 448 g/mol. The van der Waals surface area contributed by atoms with Crippen molar-refractivity contribution in [1.82, 2.24) is 14.9 Å². The van der Waals surface area contributed by atoms with Gasteiger partial charge in [0.05, 0.1) is 32.5 Å². The van der Waals surface area contributed by atoms with Gasteiger partial charge < -0.3 is 19.7 Å². The van der Waals surface area contributed by atoms with E-state index in [1.165, 1.54) is 11.0 Å². The van der Waals surface area contributed by atoms with Gasteiger partial charge in [0.25, 0.3) is 0 Å². The lowest BCUT2D eigenvalue weighted by Gasteiger charge is -2.38. The number of nitrogens with one attached hydrogen (secondary N) is 1. The summed E-state index contributed by atoms with van der Waals surface area (Å²) in [5.74, 6) is 2.09. The summed E-state index contributed by atoms with van der Waals surface area (Å²) in [4.78, 5) is 39.6. The molecule has 1 fully saturated rings. The highest BCUT2D eigenvalue weighted by Crippen LogP contribution is 2.34. The Hall–Kier alpha value is -3.82. The predicted octanol–water partition coefficient (Wildman–Crippen LogP) is 3.44. The molecule has 0 saturated heterocycles. The smallest absolute Gasteiger partial charge is 0.330 e. The Balaban J connectivity index is 1.57. The summed E-state index contributed by atoms with van der Waals surface area (Å²) in [6.07, 6.45) is 7.01. The van der Waals surface area contributed by atoms with Crippen LogP contribution in [-0.2, 0) is 11.3 Å². The third-order valence-corrected chi connectivity index (χ3v) is 6.72. The SMILES string of the molecule is C=CC(=O)N(C)C1CCCCC1Nc1ncc2c(n1)N(C)C(=O)N(c1cc(OC)cc(OC)c1)C2. The zero-order chi connectivity index (χ0) is 25.1. The minimum Gasteiger partial charge on any atom is -0.497 e. The molecule has 10 nitrogen and oxygen atoms in total. The van der Waals surface area contributed by atoms with Gasteiger partial charge in [-0.3, -0.25) is 14.6 Å². The monoisotopic (exact) mass is 480 g/mol. The van der Waals surface area contributed by atoms with E-state index < -0.39 is 0 Å². The van der Waals surface area contributed by atoms with Crippen LogP contribution in [0.2, 0.25) is 0 Å². The highest BCUT2D eigenvalue weighted by Gasteiger charge is 2.33. The summed E-state index contributed by atoms with van der Waals surface area (Å²) in [6.45, 7) is 3.92. The molecule has 35 heavy (non-hydrogen) atoms. The van der Waals surface area contributed by atoms with Crippen molar-refractivity contribution in [2.45, 2.75) is 44.3 Å². The maximum atomic E-state index is 13.3. The van der Waals surface area contributed by atoms with Gasteiger partial charge in [-0.2, -0.15) is 4.98 Å². The summed E-state index contributed by atoms with van der Waals surface area (Å²) in [5, 5.41) is 3.41. The van der Waals surface area contributed by atoms with E-state index in [0.29, 0.717) is 35.5 Å². The molecule has 2 aromatic rings. The minimum absolute atomic E-state index is 0.0149. The van der Waals surface area contributed by atoms with Gasteiger partial charge in [0, 0.05) is 50.1 Å². The average Bonchev–Trinajstić information content (AvgIpc) is 2.89. The summed E-state index contributed by atoms with van der Waals surface area (Å²) >= 11 is 0. The molecular formula is C25H32N6O4. The topological polar surface area (TPSA) is 100 Å². The van der Waals surface area contributed by atoms with E-state index in [1.54, 1.807) is 62.5 Å². The summed E-state index contributed by atoms with van der Waals surface area (Å²) in [5.41, 5.74) is 1.48. The van der Waals surface area contributed by atoms with E-state index >= 15 is 0 Å². The molecule has 4 rings (SSSR count). The first-order chi connectivity index (χ1) is 16.9. The quantitative estimate of drug-likeness (QED) is 0.606. The molecule has 10 heteroatoms. The summed E-state index contributed by atoms with van der Waals surface area (Å²) < 4.78 is 10.7. The highest BCUT2D eigenvalue weighted by atomic mass is 16.5. The van der Waals surface area contributed by atoms with E-state index in [-0.39, 0.29) is 24.0 Å². The molecule has 1 aliphatic heterocycles. The van der Waals surface area contributed by atoms with E-state index in [2.05, 4.69) is 21.9 Å². The van der Waals surface area contributed by atoms with Crippen molar-refractivity contribution in [3.63, 3.8) is 0 Å². The van der Waals surface area contributed by atoms with Gasteiger partial charge >= 0.3 is 6.03 Å². The average molecular weight is 481 g/mol. The number of amides is 3. The second-order valence-electron chi connectivity index (χ2n) is 8.80. The number of rotatable bonds is 7. The number of urea groups is 1. The number of nitrogens with zero attached hydrogens (tertiary/aromatic N) is 5. The summed E-state index contributed by atoms with van der Waals surface area (Å²) in [7, 11) is 6.64. The number of aromatic nitrogens is 2. The van der Waals surface area contributed by atoms with Crippen LogP contribution in [0.5, 0.6) is 11.5 Å². The fourth-order valence-corrected chi connectivity index (χ4v) is 4.75. The van der Waals surface area contributed by atoms with Crippen LogP contribution in [0.15, 0.2) is 37.1 Å². The molecule has 0 bridgehead atoms. The Morgan fingerprint density at radius 3 is 2.54 bits per heavy atom. The van der Waals surface area contributed by atoms with Crippen LogP contribution in [0.1, 0.15) is 31.2 Å². The largest absolute Gasteiger partial charge is 0.497 e. The number of carbonyl (C=O) groups is 2. The minimum atomic E-state index is -0.218. The number of ether oxygens (including phenoxy) is 2. The van der Waals surface area contributed by atoms with Gasteiger partial charge in [0.1, 0.15) is 17.3 Å². The van der Waals surface area contributed by atoms with E-state index in [9.17, 15) is 9.59 Å². The number of hydrogen-bond acceptors (Lipinski definition) is 7. The van der Waals surface area contributed by atoms with Gasteiger partial charge in [0.2, 0.25) is 11.9 Å². The fraction of sp³-hybridized carbons (Fsp3) is 0.440. The third kappa shape index (κ3) is 4.87. The van der Waals surface area contributed by atoms with Gasteiger partial charge in [0.15, 0.2) is 0 Å². The van der Waals surface area contributed by atoms with Gasteiger partial charge in [-0.1, -0.05) is 19.4 Å². The Morgan fingerprint density at radius 1 is 1.20 bits per heavy atom. The Morgan fingerprint density at radius 2 is 1.89 bits per heavy atom. The van der Waals surface area contributed by atoms with E-state index in [0.717, 1.165) is 31.2 Å². The second kappa shape index (κ2) is 10.2. The first kappa shape index (κ1) is 24.3. The van der Waals surface area contributed by atoms with Crippen LogP contribution in [0.25, 0.3) is 0 Å². The van der Waals surface area contributed by atoms with Gasteiger partial charge in [-0.25, -0.2) is 9.78 Å². The molecule has 0 radical (unpaired) electrons. The normalized spacial score (nSPS) is 19.6. The van der Waals surface area contributed by atoms with Crippen molar-refractivity contribution in [2.75, 3.05) is 43.4 Å². The van der Waals surface area contributed by atoms with Crippen LogP contribution in [-0.4, -0.2) is 67.2 Å². The van der Waals surface area contributed by atoms with Gasteiger partial charge in [-0.15, -0.1) is 0 Å². The zero-order valence-corrected chi connectivity index (χ0v) is 20.7. The lowest BCUT2D eigenvalue weighted by Crippen LogP contribution is -2.49. The molecule has 1 aliphatic carbocycles. The molecule has 0 spiro atoms. The number of carbonyl (C=O) groups excluding carboxylic acids is 2. The van der Waals surface area contributed by atoms with Crippen molar-refractivity contribution in [1.29, 1.82) is 0 Å². The molecule has 1 N–H and O–H groups in total. The van der Waals surface area contributed by atoms with Crippen LogP contribution in [0, 0.1) is 0 Å². The molecule has 2 aliphatic rings. The Bertz CT molecular complexity index is 1100. The molecule has 1 aromatic carbocycles. The van der Waals surface area contributed by atoms with Crippen LogP contribution in [0.4, 0.5) is 22.2 Å². The number of likely N-dealkylation sites (N-methyl/N-ethyl adjacent to an activating group) is 1. The second-order valence-corrected chi connectivity index (χ2v) is 8.80. The standard InChI is InChI=1S/C25H32N6O4/c1-6-22(32)29(2)21-10-8-7-9-20(21)27-24-26-14-16-15-31(25(33)30(3)23(16)28-24)17-11-18(34-4)13-19(12-17)35-5/h6,11-14,20-21H,1,7-10,15H2,2-5H3,(H,26,27,28). The van der Waals surface area contributed by atoms with Crippen molar-refractivity contribution in [3.05, 3.63) is 42.6 Å². The van der Waals surface area contributed by atoms with Crippen molar-refractivity contribution in [3.8, 4) is 11.5 Å². The number of benzene rings is 1. The van der Waals surface area contributed by atoms with Crippen molar-refractivity contribution >= 4 is 29.4 Å². The van der Waals surface area contributed by atoms with Crippen LogP contribution >= 0.6 is 0 Å². The molecule has 1 saturated carbocycles. The highest BCUT2D eigenvalue weighted by molar-refractivity contribution is 6.05. The Kier molecular flexibility index (Phi) is 7.09. The zero-order valence-electron chi connectivity index (χ0n) is 20.7. The molecule has 3 amide bonds. The number of methoxy groups -OCH3 is 2. The Labute approximate surface area is 205 Å². The number of fused-ring (bicyclic) bond motifs is 1. The van der Waals surface area contributed by atoms with E-state index in [4.69, 9.17) is 9.47 Å². The molecule has 1 aromatic heterocycles. The van der Waals surface area contributed by atoms with Crippen LogP contribution < -0.4 is 24.6 Å². The fourth-order valence-electron chi connectivity index (χ4n) is 4.75. The van der Waals surface area contributed by atoms with Gasteiger partial charge in [-0.05, 0) is 18.9 Å². The molecule has 2 atom stereocenters. The molecule has 186 valence electrons. The molecule has 2 heterocycles. The van der Waals surface area contributed by atoms with Crippen molar-refractivity contribution < 1.29 is 19.1 Å².